The van der Waals surface area contributed by atoms with Gasteiger partial charge in [0.25, 0.3) is 0 Å². The van der Waals surface area contributed by atoms with Crippen LogP contribution in [0.25, 0.3) is 0 Å². The zero-order valence-electron chi connectivity index (χ0n) is 16.4. The van der Waals surface area contributed by atoms with E-state index in [1.165, 1.54) is 5.57 Å². The van der Waals surface area contributed by atoms with Gasteiger partial charge in [0.1, 0.15) is 6.04 Å². The highest BCUT2D eigenvalue weighted by atomic mass is 16.5. The quantitative estimate of drug-likeness (QED) is 0.559. The minimum atomic E-state index is -0.318. The number of allylic oxidation sites excluding steroid dienone is 1. The monoisotopic (exact) mass is 371 g/mol. The molecule has 6 nitrogen and oxygen atoms in total. The van der Waals surface area contributed by atoms with Crippen LogP contribution in [0.1, 0.15) is 31.4 Å². The average molecular weight is 371 g/mol. The fourth-order valence-electron chi connectivity index (χ4n) is 3.35. The minimum absolute atomic E-state index is 0.0353. The number of nitrogens with one attached hydrogen (secondary N) is 1. The van der Waals surface area contributed by atoms with Crippen LogP contribution in [0, 0.1) is 0 Å². The lowest BCUT2D eigenvalue weighted by atomic mass is 10.1. The Balaban J connectivity index is 1.36. The van der Waals surface area contributed by atoms with Gasteiger partial charge in [0.2, 0.25) is 11.8 Å². The second kappa shape index (κ2) is 8.67. The Morgan fingerprint density at radius 3 is 2.48 bits per heavy atom. The van der Waals surface area contributed by atoms with E-state index in [2.05, 4.69) is 5.32 Å². The van der Waals surface area contributed by atoms with Gasteiger partial charge >= 0.3 is 0 Å². The first-order chi connectivity index (χ1) is 13.0. The number of carbonyl (C=O) groups excluding carboxylic acids is 2. The largest absolute Gasteiger partial charge is 0.373 e. The van der Waals surface area contributed by atoms with Crippen LogP contribution < -0.4 is 5.32 Å². The van der Waals surface area contributed by atoms with E-state index in [4.69, 9.17) is 4.74 Å². The molecule has 3 rings (SSSR count). The Kier molecular flexibility index (Phi) is 6.29. The van der Waals surface area contributed by atoms with Gasteiger partial charge in [-0.1, -0.05) is 35.9 Å². The molecule has 1 aliphatic carbocycles. The molecule has 2 fully saturated rings. The molecule has 2 aliphatic rings. The van der Waals surface area contributed by atoms with Crippen molar-refractivity contribution >= 4 is 11.8 Å². The van der Waals surface area contributed by atoms with Crippen LogP contribution in [0.3, 0.4) is 0 Å². The minimum Gasteiger partial charge on any atom is -0.373 e. The van der Waals surface area contributed by atoms with Crippen molar-refractivity contribution in [2.75, 3.05) is 40.3 Å². The lowest BCUT2D eigenvalue weighted by Crippen LogP contribution is -2.55. The summed E-state index contributed by atoms with van der Waals surface area (Å²) < 4.78 is 5.77. The lowest BCUT2D eigenvalue weighted by molar-refractivity contribution is -0.140. The average Bonchev–Trinajstić information content (AvgIpc) is 3.44. The molecule has 1 saturated heterocycles. The Hall–Kier alpha value is -2.18. The molecular weight excluding hydrogens is 342 g/mol. The number of rotatable bonds is 8. The summed E-state index contributed by atoms with van der Waals surface area (Å²) in [6.45, 7) is 4.11. The normalized spacial score (nSPS) is 17.5. The summed E-state index contributed by atoms with van der Waals surface area (Å²) in [5.41, 5.74) is 3.17. The van der Waals surface area contributed by atoms with Gasteiger partial charge in [0.05, 0.1) is 12.7 Å². The number of hydrogen-bond donors (Lipinski definition) is 1. The molecule has 27 heavy (non-hydrogen) atoms. The molecule has 1 unspecified atom stereocenters. The van der Waals surface area contributed by atoms with E-state index >= 15 is 0 Å². The Bertz CT molecular complexity index is 703. The Labute approximate surface area is 161 Å². The lowest BCUT2D eigenvalue weighted by Gasteiger charge is -2.39. The summed E-state index contributed by atoms with van der Waals surface area (Å²) in [5.74, 6) is 0.110. The summed E-state index contributed by atoms with van der Waals surface area (Å²) in [6.07, 6.45) is 2.21. The smallest absolute Gasteiger partial charge is 0.249 e. The first-order valence-corrected chi connectivity index (χ1v) is 9.56. The third-order valence-corrected chi connectivity index (χ3v) is 5.12. The molecule has 6 heteroatoms. The molecule has 0 radical (unpaired) electrons. The number of benzene rings is 1. The summed E-state index contributed by atoms with van der Waals surface area (Å²) >= 11 is 0. The zero-order chi connectivity index (χ0) is 19.4. The van der Waals surface area contributed by atoms with E-state index in [0.29, 0.717) is 26.2 Å². The van der Waals surface area contributed by atoms with Gasteiger partial charge in [0, 0.05) is 25.2 Å². The number of amides is 2. The number of likely N-dealkylation sites (N-methyl/N-ethyl adjacent to an activating group) is 1. The number of nitrogens with zero attached hydrogens (tertiary/aromatic N) is 2. The van der Waals surface area contributed by atoms with Gasteiger partial charge in [-0.05, 0) is 39.4 Å². The molecular formula is C21H29N3O3. The molecule has 1 aliphatic heterocycles. The van der Waals surface area contributed by atoms with Crippen LogP contribution in [0.5, 0.6) is 0 Å². The highest BCUT2D eigenvalue weighted by Gasteiger charge is 2.33. The van der Waals surface area contributed by atoms with Crippen molar-refractivity contribution in [3.63, 3.8) is 0 Å². The fraction of sp³-hybridized carbons (Fsp3) is 0.524. The number of carbonyl (C=O) groups is 2. The van der Waals surface area contributed by atoms with Crippen molar-refractivity contribution < 1.29 is 14.3 Å². The molecule has 1 N–H and O–H groups in total. The van der Waals surface area contributed by atoms with Crippen molar-refractivity contribution in [1.82, 2.24) is 15.1 Å². The molecule has 146 valence electrons. The highest BCUT2D eigenvalue weighted by Crippen LogP contribution is 2.32. The molecule has 0 spiro atoms. The van der Waals surface area contributed by atoms with E-state index in [9.17, 15) is 9.59 Å². The Morgan fingerprint density at radius 1 is 1.22 bits per heavy atom. The third kappa shape index (κ3) is 4.96. The van der Waals surface area contributed by atoms with Gasteiger partial charge < -0.3 is 15.0 Å². The number of hydrogen-bond acceptors (Lipinski definition) is 4. The van der Waals surface area contributed by atoms with Gasteiger partial charge in [-0.3, -0.25) is 14.5 Å². The standard InChI is InChI=1S/C21H29N3O3/c1-15(16-9-10-16)21(26)24-13-18(14-24)27-12-11-22-20(25)19(23(2)3)17-7-5-4-6-8-17/h4-8,18-19H,9-14H2,1-3H3,(H,22,25). The number of likely N-dealkylation sites (tertiary alicyclic amines) is 1. The second-order valence-electron chi connectivity index (χ2n) is 7.50. The number of ether oxygens (including phenoxy) is 1. The maximum Gasteiger partial charge on any atom is 0.249 e. The molecule has 1 atom stereocenters. The van der Waals surface area contributed by atoms with Crippen molar-refractivity contribution in [2.45, 2.75) is 31.9 Å². The first kappa shape index (κ1) is 19.6. The van der Waals surface area contributed by atoms with E-state index in [1.54, 1.807) is 0 Å². The van der Waals surface area contributed by atoms with Crippen LogP contribution >= 0.6 is 0 Å². The Morgan fingerprint density at radius 2 is 1.89 bits per heavy atom. The van der Waals surface area contributed by atoms with Gasteiger partial charge in [-0.15, -0.1) is 0 Å². The second-order valence-corrected chi connectivity index (χ2v) is 7.50. The van der Waals surface area contributed by atoms with E-state index < -0.39 is 0 Å². The maximum atomic E-state index is 12.5. The van der Waals surface area contributed by atoms with Crippen LogP contribution in [0.15, 0.2) is 41.5 Å². The van der Waals surface area contributed by atoms with E-state index in [0.717, 1.165) is 24.0 Å². The first-order valence-electron chi connectivity index (χ1n) is 9.56. The molecule has 1 heterocycles. The highest BCUT2D eigenvalue weighted by molar-refractivity contribution is 5.94. The SMILES string of the molecule is CC(C(=O)N1CC(OCCNC(=O)C(c2ccccc2)N(C)C)C1)=C1CC1. The van der Waals surface area contributed by atoms with Gasteiger partial charge in [-0.25, -0.2) is 0 Å². The van der Waals surface area contributed by atoms with Crippen molar-refractivity contribution in [3.8, 4) is 0 Å². The summed E-state index contributed by atoms with van der Waals surface area (Å²) in [5, 5.41) is 2.95. The predicted octanol–water partition coefficient (Wildman–Crippen LogP) is 1.74. The van der Waals surface area contributed by atoms with Crippen molar-refractivity contribution in [3.05, 3.63) is 47.0 Å². The van der Waals surface area contributed by atoms with Crippen molar-refractivity contribution in [2.24, 2.45) is 0 Å². The summed E-state index contributed by atoms with van der Waals surface area (Å²) in [4.78, 5) is 28.5. The van der Waals surface area contributed by atoms with Crippen LogP contribution in [0.4, 0.5) is 0 Å². The molecule has 1 saturated carbocycles. The summed E-state index contributed by atoms with van der Waals surface area (Å²) in [7, 11) is 3.79. The van der Waals surface area contributed by atoms with Gasteiger partial charge in [-0.2, -0.15) is 0 Å². The van der Waals surface area contributed by atoms with Crippen LogP contribution in [0.2, 0.25) is 0 Å². The van der Waals surface area contributed by atoms with E-state index in [-0.39, 0.29) is 24.0 Å². The van der Waals surface area contributed by atoms with Crippen LogP contribution in [-0.2, 0) is 14.3 Å². The third-order valence-electron chi connectivity index (χ3n) is 5.12. The molecule has 1 aromatic carbocycles. The van der Waals surface area contributed by atoms with Crippen molar-refractivity contribution in [1.29, 1.82) is 0 Å². The van der Waals surface area contributed by atoms with E-state index in [1.807, 2.05) is 61.2 Å². The molecule has 2 amide bonds. The fourth-order valence-corrected chi connectivity index (χ4v) is 3.35. The molecule has 0 aromatic heterocycles. The molecule has 1 aromatic rings. The maximum absolute atomic E-state index is 12.5. The predicted molar refractivity (Wildman–Crippen MR) is 104 cm³/mol. The van der Waals surface area contributed by atoms with Gasteiger partial charge in [0.15, 0.2) is 0 Å². The van der Waals surface area contributed by atoms with Crippen LogP contribution in [-0.4, -0.2) is 68.1 Å². The topological polar surface area (TPSA) is 61.9 Å². The molecule has 0 bridgehead atoms. The zero-order valence-corrected chi connectivity index (χ0v) is 16.4. The summed E-state index contributed by atoms with van der Waals surface area (Å²) in [6, 6.07) is 9.41.